The van der Waals surface area contributed by atoms with E-state index in [0.717, 1.165) is 17.5 Å². The van der Waals surface area contributed by atoms with Crippen LogP contribution in [-0.4, -0.2) is 36.1 Å². The van der Waals surface area contributed by atoms with Crippen LogP contribution in [0.3, 0.4) is 0 Å². The van der Waals surface area contributed by atoms with Crippen molar-refractivity contribution >= 4 is 40.5 Å². The number of amides is 2. The number of hydrogen-bond acceptors (Lipinski definition) is 6. The van der Waals surface area contributed by atoms with Crippen LogP contribution in [0.25, 0.3) is 6.08 Å². The van der Waals surface area contributed by atoms with Gasteiger partial charge in [0.25, 0.3) is 5.91 Å². The molecule has 2 aliphatic rings. The number of carbonyl (C=O) groups excluding carboxylic acids is 2. The van der Waals surface area contributed by atoms with E-state index < -0.39 is 0 Å². The predicted molar refractivity (Wildman–Crippen MR) is 122 cm³/mol. The molecule has 0 saturated carbocycles. The van der Waals surface area contributed by atoms with Crippen molar-refractivity contribution < 1.29 is 19.1 Å². The van der Waals surface area contributed by atoms with Crippen LogP contribution in [0.2, 0.25) is 0 Å². The Bertz CT molecular complexity index is 1060. The van der Waals surface area contributed by atoms with Gasteiger partial charge in [-0.2, -0.15) is 0 Å². The summed E-state index contributed by atoms with van der Waals surface area (Å²) in [5.41, 5.74) is 2.89. The molecular weight excluding hydrogens is 414 g/mol. The van der Waals surface area contributed by atoms with Gasteiger partial charge in [0.2, 0.25) is 12.7 Å². The number of ether oxygens (including phenoxy) is 2. The number of thioether (sulfide) groups is 1. The molecule has 0 spiro atoms. The second kappa shape index (κ2) is 9.26. The molecule has 0 fully saturated rings. The van der Waals surface area contributed by atoms with Crippen LogP contribution in [-0.2, 0) is 9.59 Å². The van der Waals surface area contributed by atoms with Crippen LogP contribution < -0.4 is 19.7 Å². The first-order valence-electron chi connectivity index (χ1n) is 10.1. The zero-order valence-electron chi connectivity index (χ0n) is 17.4. The van der Waals surface area contributed by atoms with Crippen molar-refractivity contribution in [3.05, 3.63) is 59.3 Å². The lowest BCUT2D eigenvalue weighted by Gasteiger charge is -2.18. The van der Waals surface area contributed by atoms with Crippen LogP contribution in [0.5, 0.6) is 11.5 Å². The number of nitrogens with zero attached hydrogens (tertiary/aromatic N) is 2. The highest BCUT2D eigenvalue weighted by Gasteiger charge is 2.32. The first kappa shape index (κ1) is 21.0. The molecule has 2 amide bonds. The first-order chi connectivity index (χ1) is 15.0. The number of rotatable bonds is 6. The normalized spacial score (nSPS) is 16.1. The number of nitrogens with one attached hydrogen (secondary N) is 1. The third-order valence-corrected chi connectivity index (χ3v) is 5.66. The molecule has 2 aromatic carbocycles. The predicted octanol–water partition coefficient (Wildman–Crippen LogP) is 3.73. The highest BCUT2D eigenvalue weighted by molar-refractivity contribution is 8.14. The fourth-order valence-electron chi connectivity index (χ4n) is 3.12. The van der Waals surface area contributed by atoms with E-state index >= 15 is 0 Å². The summed E-state index contributed by atoms with van der Waals surface area (Å²) in [4.78, 5) is 31.4. The van der Waals surface area contributed by atoms with Gasteiger partial charge < -0.3 is 14.8 Å². The van der Waals surface area contributed by atoms with E-state index in [0.29, 0.717) is 34.6 Å². The molecule has 0 aromatic heterocycles. The van der Waals surface area contributed by atoms with Crippen LogP contribution in [0.1, 0.15) is 24.5 Å². The minimum Gasteiger partial charge on any atom is -0.454 e. The zero-order chi connectivity index (χ0) is 21.8. The average molecular weight is 438 g/mol. The Balaban J connectivity index is 1.61. The number of aryl methyl sites for hydroxylation is 1. The van der Waals surface area contributed by atoms with E-state index in [9.17, 15) is 9.59 Å². The quantitative estimate of drug-likeness (QED) is 0.697. The summed E-state index contributed by atoms with van der Waals surface area (Å²) in [6, 6.07) is 13.1. The third kappa shape index (κ3) is 4.74. The number of carbonyl (C=O) groups is 2. The molecule has 31 heavy (non-hydrogen) atoms. The van der Waals surface area contributed by atoms with E-state index in [-0.39, 0.29) is 24.4 Å². The molecule has 0 atom stereocenters. The fourth-order valence-corrected chi connectivity index (χ4v) is 3.96. The van der Waals surface area contributed by atoms with Crippen LogP contribution in [0.4, 0.5) is 5.69 Å². The summed E-state index contributed by atoms with van der Waals surface area (Å²) in [6.45, 7) is 4.80. The van der Waals surface area contributed by atoms with E-state index in [2.05, 4.69) is 10.3 Å². The highest BCUT2D eigenvalue weighted by Crippen LogP contribution is 2.34. The van der Waals surface area contributed by atoms with Crippen molar-refractivity contribution in [2.75, 3.05) is 24.0 Å². The Kier molecular flexibility index (Phi) is 6.27. The van der Waals surface area contributed by atoms with E-state index in [1.54, 1.807) is 11.0 Å². The van der Waals surface area contributed by atoms with Crippen molar-refractivity contribution in [3.63, 3.8) is 0 Å². The van der Waals surface area contributed by atoms with Gasteiger partial charge >= 0.3 is 0 Å². The van der Waals surface area contributed by atoms with Crippen molar-refractivity contribution in [2.24, 2.45) is 4.99 Å². The van der Waals surface area contributed by atoms with Gasteiger partial charge in [-0.3, -0.25) is 14.5 Å². The standard InChI is InChI=1S/C23H23N3O4S/c1-3-10-24-21(27)13-31-23-25-18(11-16-6-9-19-20(12-16)30-14-29-19)22(28)26(23)17-7-4-15(2)5-8-17/h4-9,11-12H,3,10,13-14H2,1-2H3,(H,24,27)/b18-11-. The Morgan fingerprint density at radius 1 is 1.19 bits per heavy atom. The number of aliphatic imine (C=N–C) groups is 1. The van der Waals surface area contributed by atoms with E-state index in [1.807, 2.05) is 56.3 Å². The van der Waals surface area contributed by atoms with E-state index in [1.165, 1.54) is 11.8 Å². The number of hydrogen-bond donors (Lipinski definition) is 1. The molecule has 7 nitrogen and oxygen atoms in total. The lowest BCUT2D eigenvalue weighted by molar-refractivity contribution is -0.118. The van der Waals surface area contributed by atoms with Gasteiger partial charge in [-0.1, -0.05) is 42.4 Å². The van der Waals surface area contributed by atoms with Crippen molar-refractivity contribution in [1.29, 1.82) is 0 Å². The summed E-state index contributed by atoms with van der Waals surface area (Å²) < 4.78 is 10.8. The average Bonchev–Trinajstić information content (AvgIpc) is 3.35. The SMILES string of the molecule is CCCNC(=O)CSC1=N/C(=C\c2ccc3c(c2)OCO3)C(=O)N1c1ccc(C)cc1. The second-order valence-electron chi connectivity index (χ2n) is 7.15. The molecule has 4 rings (SSSR count). The van der Waals surface area contributed by atoms with Gasteiger partial charge in [0.15, 0.2) is 16.7 Å². The maximum atomic E-state index is 13.2. The topological polar surface area (TPSA) is 80.2 Å². The molecule has 160 valence electrons. The van der Waals surface area contributed by atoms with Gasteiger partial charge in [-0.15, -0.1) is 0 Å². The van der Waals surface area contributed by atoms with Gasteiger partial charge in [-0.25, -0.2) is 4.99 Å². The number of amidine groups is 1. The highest BCUT2D eigenvalue weighted by atomic mass is 32.2. The van der Waals surface area contributed by atoms with Crippen molar-refractivity contribution in [3.8, 4) is 11.5 Å². The Hall–Kier alpha value is -3.26. The van der Waals surface area contributed by atoms with Crippen molar-refractivity contribution in [2.45, 2.75) is 20.3 Å². The number of anilines is 1. The maximum absolute atomic E-state index is 13.2. The molecule has 0 unspecified atom stereocenters. The number of fused-ring (bicyclic) bond motifs is 1. The lowest BCUT2D eigenvalue weighted by Crippen LogP contribution is -2.32. The summed E-state index contributed by atoms with van der Waals surface area (Å²) in [5, 5.41) is 3.33. The minimum atomic E-state index is -0.238. The Labute approximate surface area is 185 Å². The molecule has 0 radical (unpaired) electrons. The van der Waals surface area contributed by atoms with Crippen LogP contribution in [0, 0.1) is 6.92 Å². The second-order valence-corrected chi connectivity index (χ2v) is 8.09. The molecule has 8 heteroatoms. The van der Waals surface area contributed by atoms with Gasteiger partial charge in [0.05, 0.1) is 11.4 Å². The molecule has 0 aliphatic carbocycles. The van der Waals surface area contributed by atoms with Gasteiger partial charge in [-0.05, 0) is 49.2 Å². The molecule has 1 N–H and O–H groups in total. The third-order valence-electron chi connectivity index (χ3n) is 4.73. The summed E-state index contributed by atoms with van der Waals surface area (Å²) in [6.07, 6.45) is 2.59. The summed E-state index contributed by atoms with van der Waals surface area (Å²) >= 11 is 1.25. The monoisotopic (exact) mass is 437 g/mol. The van der Waals surface area contributed by atoms with E-state index in [4.69, 9.17) is 9.47 Å². The summed E-state index contributed by atoms with van der Waals surface area (Å²) in [7, 11) is 0. The minimum absolute atomic E-state index is 0.0842. The first-order valence-corrected chi connectivity index (χ1v) is 11.0. The zero-order valence-corrected chi connectivity index (χ0v) is 18.2. The Morgan fingerprint density at radius 3 is 2.74 bits per heavy atom. The Morgan fingerprint density at radius 2 is 1.97 bits per heavy atom. The lowest BCUT2D eigenvalue weighted by atomic mass is 10.1. The summed E-state index contributed by atoms with van der Waals surface area (Å²) in [5.74, 6) is 1.18. The maximum Gasteiger partial charge on any atom is 0.283 e. The van der Waals surface area contributed by atoms with Gasteiger partial charge in [0, 0.05) is 6.54 Å². The smallest absolute Gasteiger partial charge is 0.283 e. The number of benzene rings is 2. The molecular formula is C23H23N3O4S. The fraction of sp³-hybridized carbons (Fsp3) is 0.261. The molecule has 0 saturated heterocycles. The molecule has 0 bridgehead atoms. The van der Waals surface area contributed by atoms with Gasteiger partial charge in [0.1, 0.15) is 5.70 Å². The van der Waals surface area contributed by atoms with Crippen LogP contribution in [0.15, 0.2) is 53.2 Å². The molecule has 2 aliphatic heterocycles. The largest absolute Gasteiger partial charge is 0.454 e. The van der Waals surface area contributed by atoms with Crippen LogP contribution >= 0.6 is 11.8 Å². The molecule has 2 aromatic rings. The van der Waals surface area contributed by atoms with Crippen molar-refractivity contribution in [1.82, 2.24) is 5.32 Å². The molecule has 2 heterocycles.